The lowest BCUT2D eigenvalue weighted by Gasteiger charge is -2.32. The molecule has 2 saturated heterocycles. The Morgan fingerprint density at radius 3 is 0.729 bits per heavy atom. The molecule has 34 heteroatoms. The third-order valence-corrected chi connectivity index (χ3v) is 60.6. The van der Waals surface area contributed by atoms with Gasteiger partial charge in [0.15, 0.2) is 66.5 Å². The average Bonchev–Trinajstić information content (AvgIpc) is 1.55. The zero-order valence-corrected chi connectivity index (χ0v) is 108. The van der Waals surface area contributed by atoms with Crippen molar-refractivity contribution in [3.8, 4) is 9.75 Å². The fraction of sp³-hybridized carbons (Fsp3) is 0.660. The second kappa shape index (κ2) is 50.2. The molecule has 0 radical (unpaired) electrons. The van der Waals surface area contributed by atoms with Crippen LogP contribution in [-0.2, 0) is 54.3 Å². The number of fused-ring (bicyclic) bond motifs is 2. The van der Waals surface area contributed by atoms with Crippen LogP contribution in [0.5, 0.6) is 0 Å². The number of hydrogen-bond acceptors (Lipinski definition) is 18. The molecule has 0 unspecified atom stereocenters. The minimum atomic E-state index is -1.61. The Labute approximate surface area is 896 Å². The van der Waals surface area contributed by atoms with Crippen molar-refractivity contribution in [1.82, 2.24) is 19.6 Å². The first-order chi connectivity index (χ1) is 65.0. The van der Waals surface area contributed by atoms with Gasteiger partial charge in [0.05, 0.1) is 94.6 Å². The van der Waals surface area contributed by atoms with E-state index in [9.17, 15) is 9.59 Å². The van der Waals surface area contributed by atoms with Crippen molar-refractivity contribution < 1.29 is 54.3 Å². The van der Waals surface area contributed by atoms with Crippen LogP contribution in [0.3, 0.4) is 0 Å². The third-order valence-electron chi connectivity index (χ3n) is 27.3. The van der Waals surface area contributed by atoms with E-state index in [-0.39, 0.29) is 60.3 Å². The fourth-order valence-corrected chi connectivity index (χ4v) is 59.5. The summed E-state index contributed by atoms with van der Waals surface area (Å²) in [6.45, 7) is 74.5. The maximum absolute atomic E-state index is 15.0. The van der Waals surface area contributed by atoms with E-state index >= 15 is 9.59 Å². The third kappa shape index (κ3) is 33.8. The van der Waals surface area contributed by atoms with Gasteiger partial charge in [0.1, 0.15) is 0 Å². The molecule has 6 aliphatic rings. The Bertz CT molecular complexity index is 5080. The zero-order chi connectivity index (χ0) is 103. The molecule has 0 atom stereocenters. The number of amides is 4. The van der Waals surface area contributed by atoms with Gasteiger partial charge in [0.2, 0.25) is 0 Å². The first kappa shape index (κ1) is 119. The summed E-state index contributed by atoms with van der Waals surface area (Å²) in [7, 11) is -13.1. The highest BCUT2D eigenvalue weighted by molar-refractivity contribution is 9.11. The lowest BCUT2D eigenvalue weighted by Crippen LogP contribution is -2.42. The molecule has 0 N–H and O–H groups in total. The Kier molecular flexibility index (Phi) is 42.8. The van der Waals surface area contributed by atoms with E-state index in [1.165, 1.54) is 121 Å². The normalized spacial score (nSPS) is 17.6. The molecule has 16 nitrogen and oxygen atoms in total. The van der Waals surface area contributed by atoms with E-state index in [2.05, 4.69) is 294 Å². The van der Waals surface area contributed by atoms with Crippen molar-refractivity contribution in [1.29, 1.82) is 0 Å². The maximum Gasteiger partial charge on any atom is 0.505 e. The van der Waals surface area contributed by atoms with E-state index in [1.807, 2.05) is 55.2 Å². The van der Waals surface area contributed by atoms with Crippen molar-refractivity contribution >= 4 is 237 Å². The molecule has 2 fully saturated rings. The summed E-state index contributed by atoms with van der Waals surface area (Å²) in [6.07, 6.45) is 27.3. The highest BCUT2D eigenvalue weighted by atomic mass is 79.9. The van der Waals surface area contributed by atoms with Crippen LogP contribution < -0.4 is 9.55 Å². The van der Waals surface area contributed by atoms with Crippen LogP contribution in [0.15, 0.2) is 103 Å². The van der Waals surface area contributed by atoms with Gasteiger partial charge < -0.3 is 54.7 Å². The zero-order valence-electron chi connectivity index (χ0n) is 91.8. The summed E-state index contributed by atoms with van der Waals surface area (Å²) in [5.74, 6) is 0.791. The minimum Gasteiger partial charge on any atom is -0.456 e. The van der Waals surface area contributed by atoms with Crippen molar-refractivity contribution in [2.75, 3.05) is 26.2 Å². The largest absolute Gasteiger partial charge is 0.505 e. The van der Waals surface area contributed by atoms with Gasteiger partial charge in [-0.05, 0) is 341 Å². The molecular weight excluding hydrogens is 2120 g/mol. The second-order valence-electron chi connectivity index (χ2n) is 48.6. The van der Waals surface area contributed by atoms with Crippen LogP contribution in [0.4, 0.5) is 0 Å². The molecule has 0 aliphatic carbocycles. The molecule has 0 saturated carbocycles. The molecule has 778 valence electrons. The summed E-state index contributed by atoms with van der Waals surface area (Å²) in [4.78, 5) is 75.9. The molecule has 6 aromatic heterocycles. The Morgan fingerprint density at radius 2 is 0.486 bits per heavy atom. The van der Waals surface area contributed by atoms with Gasteiger partial charge in [-0.1, -0.05) is 168 Å². The van der Waals surface area contributed by atoms with Crippen molar-refractivity contribution in [2.24, 2.45) is 0 Å². The molecule has 4 amide bonds. The van der Waals surface area contributed by atoms with Gasteiger partial charge in [0, 0.05) is 55.2 Å². The number of thiophene rings is 6. The number of halogens is 2. The van der Waals surface area contributed by atoms with Gasteiger partial charge in [-0.2, -0.15) is 11.3 Å². The second-order valence-corrected chi connectivity index (χ2v) is 94.2. The number of carbonyl (C=O) groups excluding carboxylic acids is 4. The molecule has 12 rings (SSSR count). The number of carbonyl (C=O) groups is 4. The van der Waals surface area contributed by atoms with Crippen LogP contribution in [0.2, 0.25) is 155 Å². The van der Waals surface area contributed by atoms with Gasteiger partial charge in [-0.3, -0.25) is 19.2 Å². The van der Waals surface area contributed by atoms with Gasteiger partial charge in [-0.25, -0.2) is 0 Å². The fourth-order valence-electron chi connectivity index (χ4n) is 19.9. The number of rotatable bonds is 53. The Hall–Kier alpha value is -2.46. The van der Waals surface area contributed by atoms with E-state index in [4.69, 9.17) is 35.1 Å². The number of hydrogen-bond donors (Lipinski definition) is 0. The number of unbranched alkanes of at least 4 members (excludes halogenated alkanes) is 20. The summed E-state index contributed by atoms with van der Waals surface area (Å²) in [5.41, 5.74) is 4.38. The molecule has 140 heavy (non-hydrogen) atoms. The smallest absolute Gasteiger partial charge is 0.456 e. The van der Waals surface area contributed by atoms with Crippen molar-refractivity contribution in [3.63, 3.8) is 0 Å². The summed E-state index contributed by atoms with van der Waals surface area (Å²) in [5, 5.41) is 0. The topological polar surface area (TPSA) is 155 Å². The van der Waals surface area contributed by atoms with Gasteiger partial charge >= 0.3 is 14.2 Å². The quantitative estimate of drug-likeness (QED) is 0.0264. The molecule has 6 aliphatic heterocycles. The number of nitrogens with zero attached hydrogens (tertiary/aromatic N) is 4. The van der Waals surface area contributed by atoms with Crippen molar-refractivity contribution in [2.45, 2.75) is 427 Å². The highest BCUT2D eigenvalue weighted by Crippen LogP contribution is 2.53. The SMILES string of the molecule is CC(C)c1ccc(C2=C3C(=O)N(CCCCCCCC[Si](C)(C)O[Si](C)(C)C)C(c4ccc(-c5ccc(C(C)C)s5)s4)=C3C(=O)N2CCCCCCCC[Si](C)(C)O[Si](C)(C)C)s1.CC1(C)OB(c2ccc(B3OC(C)(C)C(C)(C)O3)s2)OC1(C)C.C[Si](C)(C)O[Si](C)(C)CCCCCCCCN1C(=O)C2=C(c3ccc(Br)s3)N(CCCCCCCC[Si](C)(C)O[Si](C)(C)C)C(=O)C2=C1c1ccc(Br)s1. The average molecular weight is 2300 g/mol. The van der Waals surface area contributed by atoms with Gasteiger partial charge in [0.25, 0.3) is 23.6 Å². The standard InChI is InChI=1S/C50H82N2O4S3Si4.C40H66Br2N2O4S2Si4.C16H26B2O4S/c1-37(2)39-27-29-41(57-39)42-30-32-44(59-42)48-46-45(49(53)52(48)34-24-20-16-18-22-26-36-63(13,14)56-61(8,9)10)47(43-31-28-40(58-43)38(3)4)51(50(46)54)33-23-19-15-17-21-25-35-62(11,12)55-60(5,6)7;1-51(2,3)47-53(7,8)29-21-17-13-11-15-19-27-43-37(31-23-25-33(41)49-31)35-36(39(43)45)38(32-24-26-34(42)50-32)44(40(35)46)28-20-16-12-14-18-22-30-54(9,10)48-52(4,5)6;1-13(2)14(3,4)20-17(19-13)11-9-10-12(23-11)18-21-15(5,6)16(7,8)22-18/h27-32,37-38H,15-26,33-36H2,1-14H3;23-26H,11-22,27-30H2,1-10H3;9-10H,1-8H3. The molecule has 0 spiro atoms. The van der Waals surface area contributed by atoms with Gasteiger partial charge in [-0.15, -0.1) is 56.7 Å². The minimum absolute atomic E-state index is 0.00214. The lowest BCUT2D eigenvalue weighted by molar-refractivity contribution is -0.124. The first-order valence-corrected chi connectivity index (χ1v) is 85.3. The molecular formula is C106H174B2Br2N4O12S6Si8. The van der Waals surface area contributed by atoms with Crippen LogP contribution >= 0.6 is 99.9 Å². The molecule has 0 aromatic carbocycles. The predicted molar refractivity (Wildman–Crippen MR) is 632 cm³/mol. The van der Waals surface area contributed by atoms with Crippen LogP contribution in [0.1, 0.15) is 278 Å². The monoisotopic (exact) mass is 2290 g/mol. The molecule has 12 heterocycles. The highest BCUT2D eigenvalue weighted by Gasteiger charge is 2.56. The molecule has 6 aromatic rings. The Balaban J connectivity index is 0.000000237. The van der Waals surface area contributed by atoms with E-state index < -0.39 is 66.5 Å². The molecule has 0 bridgehead atoms. The van der Waals surface area contributed by atoms with Crippen molar-refractivity contribution in [3.05, 3.63) is 132 Å². The van der Waals surface area contributed by atoms with Crippen LogP contribution in [0, 0.1) is 0 Å². The van der Waals surface area contributed by atoms with E-state index in [1.54, 1.807) is 56.7 Å². The Morgan fingerprint density at radius 1 is 0.279 bits per heavy atom. The summed E-state index contributed by atoms with van der Waals surface area (Å²) in [6, 6.07) is 30.3. The maximum atomic E-state index is 15.0. The predicted octanol–water partition coefficient (Wildman–Crippen LogP) is 32.7. The summed E-state index contributed by atoms with van der Waals surface area (Å²) < 4.78 is 54.8. The summed E-state index contributed by atoms with van der Waals surface area (Å²) >= 11 is 17.4. The van der Waals surface area contributed by atoms with Crippen LogP contribution in [-0.4, -0.2) is 173 Å². The first-order valence-electron chi connectivity index (χ1n) is 52.7. The van der Waals surface area contributed by atoms with E-state index in [0.717, 1.165) is 136 Å². The van der Waals surface area contributed by atoms with E-state index in [0.29, 0.717) is 60.3 Å². The van der Waals surface area contributed by atoms with Crippen LogP contribution in [0.25, 0.3) is 32.5 Å². The lowest BCUT2D eigenvalue weighted by atomic mass is 9.86.